The zero-order valence-electron chi connectivity index (χ0n) is 26.1. The molecule has 1 heterocycles. The number of rotatable bonds is 9. The molecule has 0 aromatic heterocycles. The fourth-order valence-electron chi connectivity index (χ4n) is 8.61. The summed E-state index contributed by atoms with van der Waals surface area (Å²) in [5.41, 5.74) is 3.54. The fourth-order valence-corrected chi connectivity index (χ4v) is 9.68. The van der Waals surface area contributed by atoms with Gasteiger partial charge in [-0.15, -0.1) is 11.8 Å². The Kier molecular flexibility index (Phi) is 8.85. The van der Waals surface area contributed by atoms with Gasteiger partial charge in [0, 0.05) is 33.4 Å². The zero-order valence-corrected chi connectivity index (χ0v) is 26.9. The van der Waals surface area contributed by atoms with Crippen molar-refractivity contribution in [2.75, 3.05) is 11.1 Å². The van der Waals surface area contributed by atoms with Crippen LogP contribution in [0.5, 0.6) is 0 Å². The number of hydrogen-bond donors (Lipinski definition) is 4. The minimum atomic E-state index is -0.946. The van der Waals surface area contributed by atoms with Crippen LogP contribution in [0.15, 0.2) is 77.7 Å². The molecule has 4 saturated carbocycles. The van der Waals surface area contributed by atoms with Gasteiger partial charge in [0.25, 0.3) is 0 Å². The summed E-state index contributed by atoms with van der Waals surface area (Å²) in [5.74, 6) is 1.96. The van der Waals surface area contributed by atoms with Crippen molar-refractivity contribution in [3.8, 4) is 0 Å². The quantitative estimate of drug-likeness (QED) is 0.178. The topological polar surface area (TPSA) is 117 Å². The van der Waals surface area contributed by atoms with Crippen LogP contribution in [0, 0.1) is 23.7 Å². The summed E-state index contributed by atoms with van der Waals surface area (Å²) in [6.45, 7) is 2.09. The Bertz CT molecular complexity index is 1530. The monoisotopic (exact) mass is 642 g/mol. The van der Waals surface area contributed by atoms with Gasteiger partial charge in [0.05, 0.1) is 24.4 Å². The van der Waals surface area contributed by atoms with E-state index in [0.717, 1.165) is 58.6 Å². The predicted molar refractivity (Wildman–Crippen MR) is 177 cm³/mol. The molecule has 9 heteroatoms. The summed E-state index contributed by atoms with van der Waals surface area (Å²) in [6, 6.07) is 22.3. The summed E-state index contributed by atoms with van der Waals surface area (Å²) in [5, 5.41) is 25.3. The molecule has 2 amide bonds. The molecule has 0 spiro atoms. The molecular weight excluding hydrogens is 600 g/mol. The minimum absolute atomic E-state index is 0.00869. The molecule has 4 unspecified atom stereocenters. The highest BCUT2D eigenvalue weighted by Gasteiger charge is 2.51. The largest absolute Gasteiger partial charge is 0.478 e. The number of carboxylic acid groups (broad SMARTS) is 1. The van der Waals surface area contributed by atoms with E-state index in [4.69, 9.17) is 9.47 Å². The van der Waals surface area contributed by atoms with E-state index in [0.29, 0.717) is 11.4 Å². The molecule has 46 heavy (non-hydrogen) atoms. The number of amides is 2. The Balaban J connectivity index is 1.07. The molecular formula is C37H42N2O6S. The third kappa shape index (κ3) is 6.69. The highest BCUT2D eigenvalue weighted by atomic mass is 32.2. The lowest BCUT2D eigenvalue weighted by Gasteiger charge is -2.56. The van der Waals surface area contributed by atoms with E-state index in [-0.39, 0.29) is 41.9 Å². The second-order valence-electron chi connectivity index (χ2n) is 13.9. The Morgan fingerprint density at radius 1 is 0.891 bits per heavy atom. The number of aromatic carboxylic acids is 1. The standard InChI is InChI=1S/C37H42N2O6S/c1-22-32(21-46-31-11-9-28(10-12-31)34(41)42)44-35(45-33(22)27-7-5-23(20-40)6-8-27)29-3-2-4-30(16-29)38-36(43)39-37-17-24-13-25(18-37)15-26(14-24)19-37/h2-12,16,22,24-26,32-33,35,40H,13-15,17-21H2,1H3,(H,41,42)(H2,38,39,43). The molecule has 242 valence electrons. The summed E-state index contributed by atoms with van der Waals surface area (Å²) in [4.78, 5) is 25.6. The van der Waals surface area contributed by atoms with E-state index in [1.807, 2.05) is 60.7 Å². The number of thioether (sulfide) groups is 1. The molecule has 0 radical (unpaired) electrons. The van der Waals surface area contributed by atoms with Gasteiger partial charge in [0.15, 0.2) is 6.29 Å². The Labute approximate surface area is 274 Å². The first-order chi connectivity index (χ1) is 22.3. The first kappa shape index (κ1) is 31.2. The maximum atomic E-state index is 13.3. The van der Waals surface area contributed by atoms with Crippen LogP contribution < -0.4 is 10.6 Å². The molecule has 4 atom stereocenters. The zero-order chi connectivity index (χ0) is 31.8. The second-order valence-corrected chi connectivity index (χ2v) is 15.0. The average molecular weight is 643 g/mol. The van der Waals surface area contributed by atoms with Gasteiger partial charge in [-0.25, -0.2) is 9.59 Å². The van der Waals surface area contributed by atoms with Gasteiger partial charge in [-0.2, -0.15) is 0 Å². The molecule has 3 aromatic carbocycles. The van der Waals surface area contributed by atoms with Gasteiger partial charge in [-0.3, -0.25) is 0 Å². The van der Waals surface area contributed by atoms with Gasteiger partial charge >= 0.3 is 12.0 Å². The van der Waals surface area contributed by atoms with Crippen molar-refractivity contribution in [2.45, 2.75) is 81.0 Å². The van der Waals surface area contributed by atoms with Crippen LogP contribution >= 0.6 is 11.8 Å². The Hall–Kier alpha value is -3.37. The van der Waals surface area contributed by atoms with Crippen molar-refractivity contribution in [3.63, 3.8) is 0 Å². The van der Waals surface area contributed by atoms with Crippen molar-refractivity contribution in [1.29, 1.82) is 0 Å². The number of carboxylic acids is 1. The molecule has 8 rings (SSSR count). The van der Waals surface area contributed by atoms with Gasteiger partial charge < -0.3 is 30.3 Å². The third-order valence-electron chi connectivity index (χ3n) is 10.5. The summed E-state index contributed by atoms with van der Waals surface area (Å²) in [6.07, 6.45) is 6.17. The van der Waals surface area contributed by atoms with Gasteiger partial charge in [-0.05, 0) is 104 Å². The van der Waals surface area contributed by atoms with Gasteiger partial charge in [0.1, 0.15) is 0 Å². The number of carbonyl (C=O) groups is 2. The molecule has 5 fully saturated rings. The first-order valence-electron chi connectivity index (χ1n) is 16.4. The number of anilines is 1. The number of hydrogen-bond acceptors (Lipinski definition) is 6. The van der Waals surface area contributed by atoms with E-state index in [1.54, 1.807) is 23.9 Å². The lowest BCUT2D eigenvalue weighted by Crippen LogP contribution is -2.60. The van der Waals surface area contributed by atoms with Crippen molar-refractivity contribution < 1.29 is 29.3 Å². The molecule has 4 N–H and O–H groups in total. The number of carbonyl (C=O) groups excluding carboxylic acids is 1. The summed E-state index contributed by atoms with van der Waals surface area (Å²) in [7, 11) is 0. The molecule has 3 aromatic rings. The van der Waals surface area contributed by atoms with Gasteiger partial charge in [-0.1, -0.05) is 43.3 Å². The molecule has 4 bridgehead atoms. The number of ether oxygens (including phenoxy) is 2. The average Bonchev–Trinajstić information content (AvgIpc) is 3.03. The van der Waals surface area contributed by atoms with E-state index >= 15 is 0 Å². The van der Waals surface area contributed by atoms with E-state index in [1.165, 1.54) is 19.3 Å². The maximum absolute atomic E-state index is 13.3. The lowest BCUT2D eigenvalue weighted by molar-refractivity contribution is -0.268. The highest BCUT2D eigenvalue weighted by molar-refractivity contribution is 7.99. The van der Waals surface area contributed by atoms with E-state index < -0.39 is 12.3 Å². The SMILES string of the molecule is CC1C(CSc2ccc(C(=O)O)cc2)OC(c2cccc(NC(=O)NC34CC5CC(CC(C5)C3)C4)c2)OC1c1ccc(CO)cc1. The van der Waals surface area contributed by atoms with Crippen molar-refractivity contribution in [1.82, 2.24) is 5.32 Å². The molecule has 8 nitrogen and oxygen atoms in total. The Morgan fingerprint density at radius 3 is 2.20 bits per heavy atom. The summed E-state index contributed by atoms with van der Waals surface area (Å²) >= 11 is 1.62. The number of nitrogens with one attached hydrogen (secondary N) is 2. The van der Waals surface area contributed by atoms with Crippen molar-refractivity contribution >= 4 is 29.4 Å². The third-order valence-corrected chi connectivity index (χ3v) is 11.6. The van der Waals surface area contributed by atoms with Crippen LogP contribution in [0.1, 0.15) is 84.9 Å². The second kappa shape index (κ2) is 13.0. The van der Waals surface area contributed by atoms with Crippen LogP contribution in [-0.4, -0.2) is 39.6 Å². The number of benzene rings is 3. The molecule has 5 aliphatic rings. The first-order valence-corrected chi connectivity index (χ1v) is 17.4. The van der Waals surface area contributed by atoms with E-state index in [2.05, 4.69) is 17.6 Å². The fraction of sp³-hybridized carbons (Fsp3) is 0.459. The maximum Gasteiger partial charge on any atom is 0.335 e. The van der Waals surface area contributed by atoms with Crippen LogP contribution in [0.25, 0.3) is 0 Å². The van der Waals surface area contributed by atoms with E-state index in [9.17, 15) is 19.8 Å². The van der Waals surface area contributed by atoms with Crippen LogP contribution in [0.3, 0.4) is 0 Å². The highest BCUT2D eigenvalue weighted by Crippen LogP contribution is 2.55. The number of aliphatic hydroxyl groups excluding tert-OH is 1. The summed E-state index contributed by atoms with van der Waals surface area (Å²) < 4.78 is 13.2. The molecule has 4 aliphatic carbocycles. The smallest absolute Gasteiger partial charge is 0.335 e. The van der Waals surface area contributed by atoms with Crippen molar-refractivity contribution in [3.05, 3.63) is 95.1 Å². The predicted octanol–water partition coefficient (Wildman–Crippen LogP) is 7.55. The molecule has 1 aliphatic heterocycles. The molecule has 1 saturated heterocycles. The lowest BCUT2D eigenvalue weighted by atomic mass is 9.53. The van der Waals surface area contributed by atoms with Gasteiger partial charge in [0.2, 0.25) is 0 Å². The minimum Gasteiger partial charge on any atom is -0.478 e. The Morgan fingerprint density at radius 2 is 1.57 bits per heavy atom. The van der Waals surface area contributed by atoms with Crippen molar-refractivity contribution in [2.24, 2.45) is 23.7 Å². The number of urea groups is 1. The van der Waals surface area contributed by atoms with Crippen LogP contribution in [-0.2, 0) is 16.1 Å². The normalized spacial score (nSPS) is 31.4. The van der Waals surface area contributed by atoms with Crippen LogP contribution in [0.4, 0.5) is 10.5 Å². The van der Waals surface area contributed by atoms with Crippen LogP contribution in [0.2, 0.25) is 0 Å². The number of aliphatic hydroxyl groups is 1.